The van der Waals surface area contributed by atoms with E-state index in [0.29, 0.717) is 25.6 Å². The van der Waals surface area contributed by atoms with E-state index in [2.05, 4.69) is 20.8 Å². The summed E-state index contributed by atoms with van der Waals surface area (Å²) in [7, 11) is 0. The monoisotopic (exact) mass is 262 g/mol. The lowest BCUT2D eigenvalue weighted by Crippen LogP contribution is -2.43. The lowest BCUT2D eigenvalue weighted by atomic mass is 10.1. The van der Waals surface area contributed by atoms with Gasteiger partial charge in [-0.25, -0.2) is 0 Å². The van der Waals surface area contributed by atoms with Crippen molar-refractivity contribution in [3.63, 3.8) is 0 Å². The predicted molar refractivity (Wildman–Crippen MR) is 80.0 cm³/mol. The molecule has 0 aliphatic heterocycles. The highest BCUT2D eigenvalue weighted by Gasteiger charge is 2.20. The molecule has 0 bridgehead atoms. The van der Waals surface area contributed by atoms with Crippen molar-refractivity contribution in [2.45, 2.75) is 46.1 Å². The maximum absolute atomic E-state index is 12.4. The van der Waals surface area contributed by atoms with Crippen LogP contribution in [0.4, 0.5) is 0 Å². The molecule has 1 aromatic carbocycles. The van der Waals surface area contributed by atoms with Crippen molar-refractivity contribution in [2.75, 3.05) is 13.1 Å². The van der Waals surface area contributed by atoms with Crippen LogP contribution < -0.4 is 5.73 Å². The second kappa shape index (κ2) is 7.95. The van der Waals surface area contributed by atoms with Crippen LogP contribution in [-0.4, -0.2) is 29.9 Å². The molecule has 3 nitrogen and oxygen atoms in total. The molecule has 3 heteroatoms. The van der Waals surface area contributed by atoms with Gasteiger partial charge in [-0.3, -0.25) is 4.79 Å². The lowest BCUT2D eigenvalue weighted by molar-refractivity contribution is -0.132. The number of hydrogen-bond acceptors (Lipinski definition) is 2. The zero-order valence-corrected chi connectivity index (χ0v) is 12.4. The highest BCUT2D eigenvalue weighted by molar-refractivity contribution is 5.79. The van der Waals surface area contributed by atoms with Gasteiger partial charge in [0.2, 0.25) is 5.91 Å². The minimum absolute atomic E-state index is 0.183. The summed E-state index contributed by atoms with van der Waals surface area (Å²) in [6.07, 6.45) is 2.43. The summed E-state index contributed by atoms with van der Waals surface area (Å²) in [5.74, 6) is 0.183. The van der Waals surface area contributed by atoms with E-state index in [0.717, 1.165) is 18.4 Å². The smallest absolute Gasteiger partial charge is 0.227 e. The van der Waals surface area contributed by atoms with Crippen LogP contribution in [0.15, 0.2) is 24.3 Å². The molecule has 19 heavy (non-hydrogen) atoms. The average molecular weight is 262 g/mol. The Kier molecular flexibility index (Phi) is 6.57. The van der Waals surface area contributed by atoms with Gasteiger partial charge in [-0.15, -0.1) is 0 Å². The van der Waals surface area contributed by atoms with Crippen LogP contribution in [-0.2, 0) is 11.2 Å². The van der Waals surface area contributed by atoms with E-state index in [1.54, 1.807) is 0 Å². The van der Waals surface area contributed by atoms with E-state index in [9.17, 15) is 4.79 Å². The minimum Gasteiger partial charge on any atom is -0.338 e. The van der Waals surface area contributed by atoms with Crippen molar-refractivity contribution < 1.29 is 4.79 Å². The average Bonchev–Trinajstić information content (AvgIpc) is 2.41. The number of nitrogens with zero attached hydrogens (tertiary/aromatic N) is 1. The summed E-state index contributed by atoms with van der Waals surface area (Å²) < 4.78 is 0. The van der Waals surface area contributed by atoms with Crippen LogP contribution in [0.25, 0.3) is 0 Å². The Morgan fingerprint density at radius 1 is 1.21 bits per heavy atom. The molecule has 0 saturated carbocycles. The number of rotatable bonds is 7. The third-order valence-electron chi connectivity index (χ3n) is 3.55. The number of carbonyl (C=O) groups is 1. The van der Waals surface area contributed by atoms with Crippen molar-refractivity contribution in [2.24, 2.45) is 5.73 Å². The molecular weight excluding hydrogens is 236 g/mol. The first-order valence-electron chi connectivity index (χ1n) is 7.17. The van der Waals surface area contributed by atoms with Crippen molar-refractivity contribution in [1.82, 2.24) is 4.90 Å². The fourth-order valence-corrected chi connectivity index (χ4v) is 2.36. The molecule has 0 aliphatic carbocycles. The minimum atomic E-state index is 0.183. The topological polar surface area (TPSA) is 46.3 Å². The number of benzene rings is 1. The van der Waals surface area contributed by atoms with Gasteiger partial charge in [-0.1, -0.05) is 43.7 Å². The molecule has 106 valence electrons. The van der Waals surface area contributed by atoms with E-state index < -0.39 is 0 Å². The second-order valence-electron chi connectivity index (χ2n) is 5.01. The Morgan fingerprint density at radius 3 is 2.26 bits per heavy atom. The number of nitrogens with two attached hydrogens (primary N) is 1. The number of amides is 1. The molecule has 0 spiro atoms. The maximum Gasteiger partial charge on any atom is 0.227 e. The Balaban J connectivity index is 2.73. The molecule has 0 fully saturated rings. The summed E-state index contributed by atoms with van der Waals surface area (Å²) in [4.78, 5) is 14.4. The molecule has 0 aliphatic rings. The summed E-state index contributed by atoms with van der Waals surface area (Å²) in [5.41, 5.74) is 7.92. The fourth-order valence-electron chi connectivity index (χ4n) is 2.36. The molecule has 1 amide bonds. The number of carbonyl (C=O) groups excluding carboxylic acids is 1. The molecule has 0 unspecified atom stereocenters. The van der Waals surface area contributed by atoms with Gasteiger partial charge in [0.1, 0.15) is 0 Å². The molecule has 0 atom stereocenters. The van der Waals surface area contributed by atoms with Gasteiger partial charge in [-0.2, -0.15) is 0 Å². The Labute approximate surface area is 116 Å². The van der Waals surface area contributed by atoms with Gasteiger partial charge in [0.25, 0.3) is 0 Å². The highest BCUT2D eigenvalue weighted by Crippen LogP contribution is 2.12. The van der Waals surface area contributed by atoms with Crippen molar-refractivity contribution >= 4 is 5.91 Å². The van der Waals surface area contributed by atoms with Gasteiger partial charge in [-0.05, 0) is 25.3 Å². The first-order valence-corrected chi connectivity index (χ1v) is 7.17. The van der Waals surface area contributed by atoms with Crippen molar-refractivity contribution in [1.29, 1.82) is 0 Å². The largest absolute Gasteiger partial charge is 0.338 e. The number of aryl methyl sites for hydroxylation is 1. The molecular formula is C16H26N2O. The lowest BCUT2D eigenvalue weighted by Gasteiger charge is -2.30. The van der Waals surface area contributed by atoms with Crippen LogP contribution in [0.3, 0.4) is 0 Å². The van der Waals surface area contributed by atoms with E-state index in [-0.39, 0.29) is 5.91 Å². The first kappa shape index (κ1) is 15.7. The molecule has 2 N–H and O–H groups in total. The van der Waals surface area contributed by atoms with E-state index in [4.69, 9.17) is 5.73 Å². The van der Waals surface area contributed by atoms with E-state index >= 15 is 0 Å². The van der Waals surface area contributed by atoms with Crippen LogP contribution in [0, 0.1) is 6.92 Å². The van der Waals surface area contributed by atoms with Gasteiger partial charge in [0.15, 0.2) is 0 Å². The van der Waals surface area contributed by atoms with E-state index in [1.165, 1.54) is 5.56 Å². The molecule has 0 aromatic heterocycles. The normalized spacial score (nSPS) is 10.8. The first-order chi connectivity index (χ1) is 9.12. The van der Waals surface area contributed by atoms with E-state index in [1.807, 2.05) is 29.2 Å². The fraction of sp³-hybridized carbons (Fsp3) is 0.562. The standard InChI is InChI=1S/C16H26N2O/c1-4-15(5-2)18(11-10-17)16(19)12-14-8-6-13(3)7-9-14/h6-9,15H,4-5,10-12,17H2,1-3H3. The van der Waals surface area contributed by atoms with Crippen molar-refractivity contribution in [3.05, 3.63) is 35.4 Å². The molecule has 0 saturated heterocycles. The zero-order chi connectivity index (χ0) is 14.3. The summed E-state index contributed by atoms with van der Waals surface area (Å²) in [5, 5.41) is 0. The molecule has 1 rings (SSSR count). The van der Waals surface area contributed by atoms with Crippen LogP contribution in [0.1, 0.15) is 37.8 Å². The SMILES string of the molecule is CCC(CC)N(CCN)C(=O)Cc1ccc(C)cc1. The predicted octanol–water partition coefficient (Wildman–Crippen LogP) is 2.51. The summed E-state index contributed by atoms with van der Waals surface area (Å²) >= 11 is 0. The summed E-state index contributed by atoms with van der Waals surface area (Å²) in [6.45, 7) is 7.47. The van der Waals surface area contributed by atoms with Crippen molar-refractivity contribution in [3.8, 4) is 0 Å². The third-order valence-corrected chi connectivity index (χ3v) is 3.55. The zero-order valence-electron chi connectivity index (χ0n) is 12.4. The maximum atomic E-state index is 12.4. The van der Waals surface area contributed by atoms with Gasteiger partial charge < -0.3 is 10.6 Å². The van der Waals surface area contributed by atoms with Gasteiger partial charge >= 0.3 is 0 Å². The highest BCUT2D eigenvalue weighted by atomic mass is 16.2. The quantitative estimate of drug-likeness (QED) is 0.820. The number of hydrogen-bond donors (Lipinski definition) is 1. The van der Waals surface area contributed by atoms with Crippen LogP contribution in [0.2, 0.25) is 0 Å². The Morgan fingerprint density at radius 2 is 1.79 bits per heavy atom. The Bertz CT molecular complexity index is 382. The summed E-state index contributed by atoms with van der Waals surface area (Å²) in [6, 6.07) is 8.46. The van der Waals surface area contributed by atoms with Crippen LogP contribution in [0.5, 0.6) is 0 Å². The van der Waals surface area contributed by atoms with Gasteiger partial charge in [0.05, 0.1) is 6.42 Å². The molecule has 0 heterocycles. The van der Waals surface area contributed by atoms with Crippen LogP contribution >= 0.6 is 0 Å². The second-order valence-corrected chi connectivity index (χ2v) is 5.01. The Hall–Kier alpha value is -1.35. The van der Waals surface area contributed by atoms with Gasteiger partial charge in [0, 0.05) is 19.1 Å². The molecule has 1 aromatic rings. The molecule has 0 radical (unpaired) electrons. The third kappa shape index (κ3) is 4.67.